The number of urea groups is 1. The van der Waals surface area contributed by atoms with E-state index >= 15 is 0 Å². The van der Waals surface area contributed by atoms with E-state index in [-0.39, 0.29) is 23.7 Å². The van der Waals surface area contributed by atoms with Gasteiger partial charge in [-0.3, -0.25) is 9.59 Å². The number of halogens is 3. The number of alkyl halides is 3. The van der Waals surface area contributed by atoms with Crippen LogP contribution < -0.4 is 15.1 Å². The minimum atomic E-state index is -4.40. The van der Waals surface area contributed by atoms with Gasteiger partial charge in [0.2, 0.25) is 5.91 Å². The maximum absolute atomic E-state index is 13.5. The van der Waals surface area contributed by atoms with Crippen molar-refractivity contribution in [3.63, 3.8) is 0 Å². The Balaban J connectivity index is 1.62. The van der Waals surface area contributed by atoms with Gasteiger partial charge in [-0.25, -0.2) is 14.7 Å². The molecule has 36 heavy (non-hydrogen) atoms. The summed E-state index contributed by atoms with van der Waals surface area (Å²) in [5.41, 5.74) is 1.00. The summed E-state index contributed by atoms with van der Waals surface area (Å²) in [6, 6.07) is 7.67. The van der Waals surface area contributed by atoms with Gasteiger partial charge in [-0.15, -0.1) is 0 Å². The van der Waals surface area contributed by atoms with Gasteiger partial charge in [-0.2, -0.15) is 13.2 Å². The molecule has 1 aromatic carbocycles. The van der Waals surface area contributed by atoms with Gasteiger partial charge in [0.05, 0.1) is 5.69 Å². The average Bonchev–Trinajstić information content (AvgIpc) is 3.14. The summed E-state index contributed by atoms with van der Waals surface area (Å²) in [5, 5.41) is 2.22. The highest BCUT2D eigenvalue weighted by Crippen LogP contribution is 2.44. The van der Waals surface area contributed by atoms with E-state index in [9.17, 15) is 27.6 Å². The van der Waals surface area contributed by atoms with Crippen LogP contribution in [0.15, 0.2) is 36.5 Å². The standard InChI is InChI=1S/C25H28F3N5O3/c1-15(34)31-14-23(2,3)18-7-6-17(11-19(18)31)33-21(35)24(4,5)32(22(33)36)12-16-8-9-29-20(10-16)30-13-25(26,27)28/h6-11H,12-14H2,1-5H3,(H,29,30). The van der Waals surface area contributed by atoms with E-state index in [1.54, 1.807) is 36.9 Å². The molecule has 8 nitrogen and oxygen atoms in total. The molecule has 4 amide bonds. The van der Waals surface area contributed by atoms with E-state index in [0.717, 1.165) is 10.5 Å². The first-order chi connectivity index (χ1) is 16.6. The number of hydrogen-bond acceptors (Lipinski definition) is 5. The van der Waals surface area contributed by atoms with Crippen molar-refractivity contribution in [2.24, 2.45) is 0 Å². The first-order valence-corrected chi connectivity index (χ1v) is 11.5. The Kier molecular flexibility index (Phi) is 6.01. The molecule has 0 saturated carbocycles. The van der Waals surface area contributed by atoms with Gasteiger partial charge in [0.25, 0.3) is 5.91 Å². The first kappa shape index (κ1) is 25.5. The molecule has 0 bridgehead atoms. The second-order valence-corrected chi connectivity index (χ2v) is 10.3. The zero-order valence-corrected chi connectivity index (χ0v) is 20.7. The topological polar surface area (TPSA) is 85.8 Å². The predicted molar refractivity (Wildman–Crippen MR) is 129 cm³/mol. The second kappa shape index (κ2) is 8.49. The van der Waals surface area contributed by atoms with Gasteiger partial charge < -0.3 is 15.1 Å². The van der Waals surface area contributed by atoms with Gasteiger partial charge in [-0.05, 0) is 49.2 Å². The van der Waals surface area contributed by atoms with E-state index in [0.29, 0.717) is 23.5 Å². The number of imide groups is 1. The smallest absolute Gasteiger partial charge is 0.361 e. The highest BCUT2D eigenvalue weighted by molar-refractivity contribution is 6.23. The maximum atomic E-state index is 13.5. The zero-order chi connectivity index (χ0) is 26.6. The summed E-state index contributed by atoms with van der Waals surface area (Å²) in [7, 11) is 0. The molecule has 0 radical (unpaired) electrons. The molecule has 1 fully saturated rings. The molecule has 1 N–H and O–H groups in total. The fraction of sp³-hybridized carbons (Fsp3) is 0.440. The summed E-state index contributed by atoms with van der Waals surface area (Å²) >= 11 is 0. The van der Waals surface area contributed by atoms with Crippen LogP contribution in [0.25, 0.3) is 0 Å². The molecule has 0 unspecified atom stereocenters. The highest BCUT2D eigenvalue weighted by Gasteiger charge is 2.52. The van der Waals surface area contributed by atoms with Crippen molar-refractivity contribution in [2.45, 2.75) is 58.3 Å². The molecule has 1 saturated heterocycles. The lowest BCUT2D eigenvalue weighted by Crippen LogP contribution is -2.43. The third-order valence-electron chi connectivity index (χ3n) is 6.65. The minimum absolute atomic E-state index is 0.00513. The lowest BCUT2D eigenvalue weighted by molar-refractivity contribution is -0.123. The lowest BCUT2D eigenvalue weighted by Gasteiger charge is -2.27. The van der Waals surface area contributed by atoms with Gasteiger partial charge in [0.1, 0.15) is 17.9 Å². The van der Waals surface area contributed by atoms with Crippen LogP contribution in [0, 0.1) is 0 Å². The Morgan fingerprint density at radius 2 is 1.81 bits per heavy atom. The lowest BCUT2D eigenvalue weighted by atomic mass is 9.87. The fourth-order valence-electron chi connectivity index (χ4n) is 4.67. The maximum Gasteiger partial charge on any atom is 0.405 e. The SMILES string of the molecule is CC(=O)N1CC(C)(C)c2ccc(N3C(=O)N(Cc4ccnc(NCC(F)(F)F)c4)C(C)(C)C3=O)cc21. The first-order valence-electron chi connectivity index (χ1n) is 11.5. The van der Waals surface area contributed by atoms with Crippen molar-refractivity contribution in [1.82, 2.24) is 9.88 Å². The molecule has 0 aliphatic carbocycles. The number of rotatable bonds is 5. The Hall–Kier alpha value is -3.63. The third kappa shape index (κ3) is 4.49. The van der Waals surface area contributed by atoms with E-state index in [4.69, 9.17) is 0 Å². The zero-order valence-electron chi connectivity index (χ0n) is 20.7. The van der Waals surface area contributed by atoms with Crippen molar-refractivity contribution in [3.8, 4) is 0 Å². The van der Waals surface area contributed by atoms with Gasteiger partial charge >= 0.3 is 12.2 Å². The third-order valence-corrected chi connectivity index (χ3v) is 6.65. The Labute approximate surface area is 207 Å². The van der Waals surface area contributed by atoms with E-state index in [1.807, 2.05) is 19.9 Å². The number of benzene rings is 1. The average molecular weight is 504 g/mol. The molecule has 0 spiro atoms. The molecule has 4 rings (SSSR count). The number of carbonyl (C=O) groups excluding carboxylic acids is 3. The van der Waals surface area contributed by atoms with Crippen molar-refractivity contribution < 1.29 is 27.6 Å². The van der Waals surface area contributed by atoms with Crippen LogP contribution in [0.3, 0.4) is 0 Å². The normalized spacial score (nSPS) is 18.6. The fourth-order valence-corrected chi connectivity index (χ4v) is 4.67. The summed E-state index contributed by atoms with van der Waals surface area (Å²) in [6.07, 6.45) is -3.06. The summed E-state index contributed by atoms with van der Waals surface area (Å²) in [6.45, 7) is 8.01. The van der Waals surface area contributed by atoms with Crippen LogP contribution >= 0.6 is 0 Å². The molecule has 2 aliphatic rings. The van der Waals surface area contributed by atoms with Crippen LogP contribution in [0.2, 0.25) is 0 Å². The Morgan fingerprint density at radius 3 is 2.44 bits per heavy atom. The Bertz CT molecular complexity index is 1240. The monoisotopic (exact) mass is 503 g/mol. The number of pyridine rings is 1. The molecular formula is C25H28F3N5O3. The highest BCUT2D eigenvalue weighted by atomic mass is 19.4. The number of fused-ring (bicyclic) bond motifs is 1. The van der Waals surface area contributed by atoms with Crippen LogP contribution in [-0.2, 0) is 21.5 Å². The van der Waals surface area contributed by atoms with Crippen LogP contribution in [0.5, 0.6) is 0 Å². The number of anilines is 3. The number of nitrogens with zero attached hydrogens (tertiary/aromatic N) is 4. The largest absolute Gasteiger partial charge is 0.405 e. The van der Waals surface area contributed by atoms with E-state index in [1.165, 1.54) is 24.1 Å². The molecule has 192 valence electrons. The number of carbonyl (C=O) groups is 3. The number of amides is 4. The summed E-state index contributed by atoms with van der Waals surface area (Å²) in [5.74, 6) is -0.556. The van der Waals surface area contributed by atoms with Gasteiger partial charge in [0, 0.05) is 37.3 Å². The van der Waals surface area contributed by atoms with E-state index in [2.05, 4.69) is 10.3 Å². The summed E-state index contributed by atoms with van der Waals surface area (Å²) < 4.78 is 37.7. The van der Waals surface area contributed by atoms with E-state index < -0.39 is 30.2 Å². The van der Waals surface area contributed by atoms with Gasteiger partial charge in [-0.1, -0.05) is 19.9 Å². The molecule has 3 heterocycles. The molecule has 2 aromatic rings. The van der Waals surface area contributed by atoms with Crippen LogP contribution in [0.1, 0.15) is 45.7 Å². The van der Waals surface area contributed by atoms with Crippen molar-refractivity contribution in [1.29, 1.82) is 0 Å². The second-order valence-electron chi connectivity index (χ2n) is 10.3. The number of hydrogen-bond donors (Lipinski definition) is 1. The number of aromatic nitrogens is 1. The van der Waals surface area contributed by atoms with Crippen LogP contribution in [0.4, 0.5) is 35.2 Å². The quantitative estimate of drug-likeness (QED) is 0.610. The molecule has 0 atom stereocenters. The number of nitrogens with one attached hydrogen (secondary N) is 1. The van der Waals surface area contributed by atoms with Crippen molar-refractivity contribution in [2.75, 3.05) is 28.2 Å². The summed E-state index contributed by atoms with van der Waals surface area (Å²) in [4.78, 5) is 47.1. The van der Waals surface area contributed by atoms with Crippen LogP contribution in [-0.4, -0.2) is 52.5 Å². The van der Waals surface area contributed by atoms with Gasteiger partial charge in [0.15, 0.2) is 0 Å². The minimum Gasteiger partial charge on any atom is -0.361 e. The van der Waals surface area contributed by atoms with Crippen molar-refractivity contribution in [3.05, 3.63) is 47.7 Å². The molecule has 1 aromatic heterocycles. The Morgan fingerprint density at radius 1 is 1.11 bits per heavy atom. The predicted octanol–water partition coefficient (Wildman–Crippen LogP) is 4.45. The molecule has 2 aliphatic heterocycles. The molecular weight excluding hydrogens is 475 g/mol. The van der Waals surface area contributed by atoms with Crippen molar-refractivity contribution >= 4 is 35.0 Å². The molecule has 11 heteroatoms.